The normalized spacial score (nSPS) is 28.3. The fourth-order valence-corrected chi connectivity index (χ4v) is 3.58. The van der Waals surface area contributed by atoms with Crippen molar-refractivity contribution < 1.29 is 9.59 Å². The molecule has 3 atom stereocenters. The second-order valence-electron chi connectivity index (χ2n) is 5.73. The Labute approximate surface area is 112 Å². The minimum Gasteiger partial charge on any atom is -0.357 e. The summed E-state index contributed by atoms with van der Waals surface area (Å²) in [7, 11) is 0. The zero-order valence-corrected chi connectivity index (χ0v) is 10.8. The molecule has 3 N–H and O–H groups in total. The molecular weight excluding hydrogens is 242 g/mol. The van der Waals surface area contributed by atoms with E-state index >= 15 is 0 Å². The van der Waals surface area contributed by atoms with Gasteiger partial charge in [0.1, 0.15) is 5.69 Å². The zero-order valence-electron chi connectivity index (χ0n) is 10.8. The van der Waals surface area contributed by atoms with Gasteiger partial charge in [0.2, 0.25) is 5.91 Å². The Morgan fingerprint density at radius 2 is 2.16 bits per heavy atom. The molecule has 0 unspecified atom stereocenters. The molecule has 3 rings (SSSR count). The molecule has 2 aliphatic carbocycles. The Morgan fingerprint density at radius 3 is 2.79 bits per heavy atom. The lowest BCUT2D eigenvalue weighted by molar-refractivity contribution is -0.123. The maximum absolute atomic E-state index is 11.8. The van der Waals surface area contributed by atoms with Gasteiger partial charge in [-0.1, -0.05) is 6.42 Å². The number of rotatable bonds is 3. The maximum Gasteiger partial charge on any atom is 0.286 e. The standard InChI is InChI=1S/C14H19N3O2/c18-13(8-11-7-9-3-4-10(11)6-9)16-17-14(19)12-2-1-5-15-12/h1-2,5,9-11,15H,3-4,6-8H2,(H,16,18)(H,17,19)/t9-,10-,11-/m1/s1. The average Bonchev–Trinajstić information content (AvgIpc) is 3.12. The van der Waals surface area contributed by atoms with Gasteiger partial charge in [-0.25, -0.2) is 0 Å². The van der Waals surface area contributed by atoms with E-state index in [1.54, 1.807) is 18.3 Å². The summed E-state index contributed by atoms with van der Waals surface area (Å²) in [6.07, 6.45) is 7.30. The van der Waals surface area contributed by atoms with Gasteiger partial charge >= 0.3 is 0 Å². The molecule has 2 amide bonds. The van der Waals surface area contributed by atoms with E-state index in [-0.39, 0.29) is 11.8 Å². The van der Waals surface area contributed by atoms with Crippen LogP contribution in [0.25, 0.3) is 0 Å². The predicted octanol–water partition coefficient (Wildman–Crippen LogP) is 1.60. The molecule has 2 fully saturated rings. The van der Waals surface area contributed by atoms with Crippen LogP contribution in [0.3, 0.4) is 0 Å². The number of nitrogens with one attached hydrogen (secondary N) is 3. The Morgan fingerprint density at radius 1 is 1.26 bits per heavy atom. The van der Waals surface area contributed by atoms with Crippen LogP contribution in [0.4, 0.5) is 0 Å². The first kappa shape index (κ1) is 12.3. The van der Waals surface area contributed by atoms with Crippen molar-refractivity contribution in [1.29, 1.82) is 0 Å². The first-order chi connectivity index (χ1) is 9.22. The minimum atomic E-state index is -0.314. The second-order valence-corrected chi connectivity index (χ2v) is 5.73. The number of hydrogen-bond acceptors (Lipinski definition) is 2. The van der Waals surface area contributed by atoms with Crippen LogP contribution in [0.15, 0.2) is 18.3 Å². The fraction of sp³-hybridized carbons (Fsp3) is 0.571. The van der Waals surface area contributed by atoms with Crippen LogP contribution in [0.5, 0.6) is 0 Å². The number of hydrazine groups is 1. The summed E-state index contributed by atoms with van der Waals surface area (Å²) < 4.78 is 0. The van der Waals surface area contributed by atoms with Gasteiger partial charge in [0.25, 0.3) is 5.91 Å². The molecule has 1 aromatic heterocycles. The summed E-state index contributed by atoms with van der Waals surface area (Å²) in [6.45, 7) is 0. The van der Waals surface area contributed by atoms with Crippen LogP contribution < -0.4 is 10.9 Å². The molecular formula is C14H19N3O2. The van der Waals surface area contributed by atoms with Gasteiger partial charge in [-0.2, -0.15) is 0 Å². The third kappa shape index (κ3) is 2.64. The van der Waals surface area contributed by atoms with Crippen molar-refractivity contribution in [2.24, 2.45) is 17.8 Å². The number of aromatic nitrogens is 1. The van der Waals surface area contributed by atoms with Crippen LogP contribution in [-0.4, -0.2) is 16.8 Å². The third-order valence-corrected chi connectivity index (χ3v) is 4.49. The summed E-state index contributed by atoms with van der Waals surface area (Å²) in [6, 6.07) is 3.41. The second kappa shape index (κ2) is 5.07. The number of fused-ring (bicyclic) bond motifs is 2. The summed E-state index contributed by atoms with van der Waals surface area (Å²) in [5, 5.41) is 0. The summed E-state index contributed by atoms with van der Waals surface area (Å²) in [4.78, 5) is 26.2. The molecule has 0 aromatic carbocycles. The molecule has 0 aliphatic heterocycles. The SMILES string of the molecule is O=C(C[C@H]1C[C@@H]2CC[C@@H]1C2)NNC(=O)c1ccc[nH]1. The van der Waals surface area contributed by atoms with Gasteiger partial charge < -0.3 is 4.98 Å². The highest BCUT2D eigenvalue weighted by Crippen LogP contribution is 2.49. The molecule has 1 heterocycles. The number of H-pyrrole nitrogens is 1. The first-order valence-electron chi connectivity index (χ1n) is 6.95. The van der Waals surface area contributed by atoms with E-state index in [0.717, 1.165) is 11.8 Å². The van der Waals surface area contributed by atoms with Crippen LogP contribution in [0.2, 0.25) is 0 Å². The summed E-state index contributed by atoms with van der Waals surface area (Å²) >= 11 is 0. The Bertz CT molecular complexity index is 469. The van der Waals surface area contributed by atoms with Crippen LogP contribution >= 0.6 is 0 Å². The van der Waals surface area contributed by atoms with Crippen molar-refractivity contribution in [3.63, 3.8) is 0 Å². The van der Waals surface area contributed by atoms with E-state index in [0.29, 0.717) is 18.0 Å². The van der Waals surface area contributed by atoms with Crippen molar-refractivity contribution in [1.82, 2.24) is 15.8 Å². The third-order valence-electron chi connectivity index (χ3n) is 4.49. The van der Waals surface area contributed by atoms with Gasteiger partial charge in [-0.3, -0.25) is 20.4 Å². The van der Waals surface area contributed by atoms with Gasteiger partial charge in [-0.05, 0) is 49.1 Å². The van der Waals surface area contributed by atoms with E-state index in [2.05, 4.69) is 15.8 Å². The van der Waals surface area contributed by atoms with Gasteiger partial charge in [0.15, 0.2) is 0 Å². The number of carbonyl (C=O) groups is 2. The number of hydrogen-bond donors (Lipinski definition) is 3. The predicted molar refractivity (Wildman–Crippen MR) is 70.0 cm³/mol. The highest BCUT2D eigenvalue weighted by molar-refractivity contribution is 5.93. The first-order valence-corrected chi connectivity index (χ1v) is 6.95. The number of amides is 2. The smallest absolute Gasteiger partial charge is 0.286 e. The van der Waals surface area contributed by atoms with Gasteiger partial charge in [0, 0.05) is 12.6 Å². The summed E-state index contributed by atoms with van der Waals surface area (Å²) in [5.74, 6) is 1.69. The lowest BCUT2D eigenvalue weighted by Crippen LogP contribution is -2.42. The van der Waals surface area contributed by atoms with Crippen molar-refractivity contribution in [3.8, 4) is 0 Å². The van der Waals surface area contributed by atoms with E-state index in [4.69, 9.17) is 0 Å². The van der Waals surface area contributed by atoms with Crippen molar-refractivity contribution in [3.05, 3.63) is 24.0 Å². The van der Waals surface area contributed by atoms with E-state index < -0.39 is 0 Å². The van der Waals surface area contributed by atoms with E-state index in [9.17, 15) is 9.59 Å². The largest absolute Gasteiger partial charge is 0.357 e. The molecule has 19 heavy (non-hydrogen) atoms. The quantitative estimate of drug-likeness (QED) is 0.723. The van der Waals surface area contributed by atoms with Crippen LogP contribution in [-0.2, 0) is 4.79 Å². The average molecular weight is 261 g/mol. The molecule has 2 saturated carbocycles. The Kier molecular flexibility index (Phi) is 3.27. The molecule has 0 saturated heterocycles. The highest BCUT2D eigenvalue weighted by atomic mass is 16.2. The van der Waals surface area contributed by atoms with Gasteiger partial charge in [-0.15, -0.1) is 0 Å². The van der Waals surface area contributed by atoms with Crippen LogP contribution in [0, 0.1) is 17.8 Å². The molecule has 102 valence electrons. The molecule has 5 nitrogen and oxygen atoms in total. The van der Waals surface area contributed by atoms with Crippen molar-refractivity contribution in [2.75, 3.05) is 0 Å². The molecule has 0 radical (unpaired) electrons. The monoisotopic (exact) mass is 261 g/mol. The summed E-state index contributed by atoms with van der Waals surface area (Å²) in [5.41, 5.74) is 5.38. The maximum atomic E-state index is 11.8. The molecule has 2 aliphatic rings. The zero-order chi connectivity index (χ0) is 13.2. The topological polar surface area (TPSA) is 74.0 Å². The lowest BCUT2D eigenvalue weighted by atomic mass is 9.86. The molecule has 5 heteroatoms. The number of aromatic amines is 1. The van der Waals surface area contributed by atoms with Gasteiger partial charge in [0.05, 0.1) is 0 Å². The lowest BCUT2D eigenvalue weighted by Gasteiger charge is -2.20. The molecule has 1 aromatic rings. The van der Waals surface area contributed by atoms with Crippen molar-refractivity contribution in [2.45, 2.75) is 32.1 Å². The van der Waals surface area contributed by atoms with Crippen molar-refractivity contribution >= 4 is 11.8 Å². The fourth-order valence-electron chi connectivity index (χ4n) is 3.58. The molecule has 0 spiro atoms. The Hall–Kier alpha value is -1.78. The Balaban J connectivity index is 1.43. The molecule has 2 bridgehead atoms. The van der Waals surface area contributed by atoms with Crippen LogP contribution in [0.1, 0.15) is 42.6 Å². The highest BCUT2D eigenvalue weighted by Gasteiger charge is 2.40. The number of carbonyl (C=O) groups excluding carboxylic acids is 2. The minimum absolute atomic E-state index is 0.0857. The van der Waals surface area contributed by atoms with E-state index in [1.807, 2.05) is 0 Å². The van der Waals surface area contributed by atoms with E-state index in [1.165, 1.54) is 25.7 Å².